The Kier molecular flexibility index (Phi) is 9.28. The van der Waals surface area contributed by atoms with Gasteiger partial charge in [-0.3, -0.25) is 0 Å². The zero-order valence-corrected chi connectivity index (χ0v) is 26.9. The molecule has 0 aliphatic carbocycles. The van der Waals surface area contributed by atoms with Crippen molar-refractivity contribution in [2.45, 2.75) is 17.4 Å². The Morgan fingerprint density at radius 3 is 2.43 bits per heavy atom. The molecular weight excluding hydrogens is 622 g/mol. The fourth-order valence-corrected chi connectivity index (χ4v) is 6.20. The molecule has 0 radical (unpaired) electrons. The summed E-state index contributed by atoms with van der Waals surface area (Å²) in [5.41, 5.74) is 14.9. The summed E-state index contributed by atoms with van der Waals surface area (Å²) in [6, 6.07) is 16.3. The molecule has 1 saturated heterocycles. The van der Waals surface area contributed by atoms with Crippen molar-refractivity contribution in [3.8, 4) is 0 Å². The quantitative estimate of drug-likeness (QED) is 0.154. The summed E-state index contributed by atoms with van der Waals surface area (Å²) in [5, 5.41) is 6.51. The van der Waals surface area contributed by atoms with Gasteiger partial charge in [-0.1, -0.05) is 42.5 Å². The molecule has 7 N–H and O–H groups in total. The molecule has 4 aromatic rings. The van der Waals surface area contributed by atoms with Crippen LogP contribution in [0.15, 0.2) is 64.5 Å². The van der Waals surface area contributed by atoms with Gasteiger partial charge in [-0.05, 0) is 23.3 Å². The average Bonchev–Trinajstić information content (AvgIpc) is 3.28. The molecule has 2 aliphatic heterocycles. The number of aromatic nitrogens is 5. The van der Waals surface area contributed by atoms with E-state index in [2.05, 4.69) is 40.3 Å². The van der Waals surface area contributed by atoms with Gasteiger partial charge in [-0.2, -0.15) is 24.9 Å². The number of nitrogen functional groups attached to an aromatic ring is 2. The molecule has 1 unspecified atom stereocenters. The molecule has 2 aromatic carbocycles. The number of anilines is 6. The van der Waals surface area contributed by atoms with Gasteiger partial charge in [-0.25, -0.2) is 18.1 Å². The first-order valence-corrected chi connectivity index (χ1v) is 16.6. The van der Waals surface area contributed by atoms with E-state index in [-0.39, 0.29) is 35.8 Å². The maximum Gasteiger partial charge on any atom is 0.240 e. The minimum absolute atomic E-state index is 0.0424. The molecule has 47 heavy (non-hydrogen) atoms. The van der Waals surface area contributed by atoms with E-state index in [9.17, 15) is 8.42 Å². The fourth-order valence-electron chi connectivity index (χ4n) is 5.17. The van der Waals surface area contributed by atoms with Crippen molar-refractivity contribution in [2.75, 3.05) is 85.4 Å². The van der Waals surface area contributed by atoms with E-state index in [4.69, 9.17) is 21.2 Å². The van der Waals surface area contributed by atoms with Crippen molar-refractivity contribution in [3.63, 3.8) is 0 Å². The molecule has 16 nitrogen and oxygen atoms in total. The highest BCUT2D eigenvalue weighted by molar-refractivity contribution is 7.89. The molecule has 4 heterocycles. The van der Waals surface area contributed by atoms with E-state index in [0.29, 0.717) is 67.8 Å². The predicted molar refractivity (Wildman–Crippen MR) is 182 cm³/mol. The van der Waals surface area contributed by atoms with Crippen LogP contribution in [0, 0.1) is 0 Å². The zero-order chi connectivity index (χ0) is 33.0. The highest BCUT2D eigenvalue weighted by Crippen LogP contribution is 2.37. The van der Waals surface area contributed by atoms with Gasteiger partial charge in [0.25, 0.3) is 0 Å². The van der Waals surface area contributed by atoms with Crippen LogP contribution in [0.25, 0.3) is 0 Å². The van der Waals surface area contributed by atoms with Gasteiger partial charge in [0.05, 0.1) is 29.9 Å². The molecule has 1 fully saturated rings. The first kappa shape index (κ1) is 31.8. The number of fused-ring (bicyclic) bond motifs is 1. The third-order valence-corrected chi connectivity index (χ3v) is 9.07. The molecule has 1 atom stereocenters. The molecule has 17 heteroatoms. The van der Waals surface area contributed by atoms with Crippen LogP contribution < -0.4 is 36.6 Å². The molecule has 0 amide bonds. The minimum atomic E-state index is -3.81. The average molecular weight is 660 g/mol. The Balaban J connectivity index is 1.14. The van der Waals surface area contributed by atoms with Gasteiger partial charge in [0.2, 0.25) is 33.8 Å². The number of hydrogen-bond acceptors (Lipinski definition) is 15. The summed E-state index contributed by atoms with van der Waals surface area (Å²) in [7, 11) is -0.112. The number of nitrogens with zero attached hydrogens (tertiary/aromatic N) is 8. The lowest BCUT2D eigenvalue weighted by molar-refractivity contribution is 0.122. The highest BCUT2D eigenvalue weighted by Gasteiger charge is 2.25. The molecule has 2 aliphatic rings. The molecular formula is C30H37N13O3S. The minimum Gasteiger partial charge on any atom is -0.382 e. The first-order chi connectivity index (χ1) is 22.7. The smallest absolute Gasteiger partial charge is 0.240 e. The number of benzene rings is 2. The lowest BCUT2D eigenvalue weighted by Crippen LogP contribution is -2.38. The van der Waals surface area contributed by atoms with Crippen molar-refractivity contribution in [2.24, 2.45) is 4.99 Å². The van der Waals surface area contributed by atoms with Crippen molar-refractivity contribution >= 4 is 56.9 Å². The summed E-state index contributed by atoms with van der Waals surface area (Å²) in [6.07, 6.45) is 0.482. The van der Waals surface area contributed by atoms with Crippen molar-refractivity contribution in [3.05, 3.63) is 65.7 Å². The second kappa shape index (κ2) is 13.7. The lowest BCUT2D eigenvalue weighted by Gasteiger charge is -2.27. The largest absolute Gasteiger partial charge is 0.382 e. The summed E-state index contributed by atoms with van der Waals surface area (Å²) in [4.78, 5) is 30.7. The second-order valence-electron chi connectivity index (χ2n) is 11.1. The molecule has 0 saturated carbocycles. The number of ether oxygens (including phenoxy) is 1. The maximum absolute atomic E-state index is 13.2. The Hall–Kier alpha value is -5.13. The summed E-state index contributed by atoms with van der Waals surface area (Å²) in [6.45, 7) is 2.92. The van der Waals surface area contributed by atoms with Crippen LogP contribution in [0.3, 0.4) is 0 Å². The summed E-state index contributed by atoms with van der Waals surface area (Å²) >= 11 is 0. The molecule has 0 spiro atoms. The van der Waals surface area contributed by atoms with E-state index in [1.54, 1.807) is 29.2 Å². The molecule has 246 valence electrons. The van der Waals surface area contributed by atoms with Crippen LogP contribution in [0.1, 0.15) is 23.6 Å². The van der Waals surface area contributed by atoms with Crippen molar-refractivity contribution in [1.82, 2.24) is 29.6 Å². The predicted octanol–water partition coefficient (Wildman–Crippen LogP) is 1.80. The molecule has 6 rings (SSSR count). The van der Waals surface area contributed by atoms with Crippen LogP contribution in [-0.4, -0.2) is 92.5 Å². The zero-order valence-electron chi connectivity index (χ0n) is 26.1. The third kappa shape index (κ3) is 7.48. The van der Waals surface area contributed by atoms with Crippen molar-refractivity contribution in [1.29, 1.82) is 0 Å². The number of rotatable bonds is 10. The Bertz CT molecular complexity index is 1850. The van der Waals surface area contributed by atoms with E-state index in [1.807, 2.05) is 49.3 Å². The highest BCUT2D eigenvalue weighted by atomic mass is 32.2. The Morgan fingerprint density at radius 1 is 0.957 bits per heavy atom. The normalized spacial score (nSPS) is 16.4. The van der Waals surface area contributed by atoms with Gasteiger partial charge < -0.3 is 36.6 Å². The van der Waals surface area contributed by atoms with Crippen LogP contribution >= 0.6 is 0 Å². The summed E-state index contributed by atoms with van der Waals surface area (Å²) in [5.74, 6) is 2.02. The topological polar surface area (TPSA) is 215 Å². The number of aliphatic imine (C=N–C) groups is 1. The van der Waals surface area contributed by atoms with E-state index in [0.717, 1.165) is 11.1 Å². The van der Waals surface area contributed by atoms with Crippen LogP contribution in [-0.2, 0) is 14.8 Å². The second-order valence-corrected chi connectivity index (χ2v) is 12.9. The van der Waals surface area contributed by atoms with Crippen molar-refractivity contribution < 1.29 is 13.2 Å². The monoisotopic (exact) mass is 659 g/mol. The number of sulfonamides is 1. The molecule has 0 bridgehead atoms. The Morgan fingerprint density at radius 2 is 1.70 bits per heavy atom. The Labute approximate surface area is 272 Å². The van der Waals surface area contributed by atoms with E-state index < -0.39 is 10.0 Å². The van der Waals surface area contributed by atoms with Crippen LogP contribution in [0.4, 0.5) is 41.1 Å². The SMILES string of the molecule is CN(C)c1nc(NCCNS(=O)(=O)c2ccc(C3=Nc4c(N)nc(N)nc4NC(c4ccccc4)C3)cc2)nc(N2CCOCC2)n1. The lowest BCUT2D eigenvalue weighted by atomic mass is 9.97. The van der Waals surface area contributed by atoms with Crippen LogP contribution in [0.2, 0.25) is 0 Å². The van der Waals surface area contributed by atoms with Crippen LogP contribution in [0.5, 0.6) is 0 Å². The van der Waals surface area contributed by atoms with Gasteiger partial charge in [-0.15, -0.1) is 0 Å². The van der Waals surface area contributed by atoms with Gasteiger partial charge >= 0.3 is 0 Å². The number of nitrogens with one attached hydrogen (secondary N) is 3. The number of hydrogen-bond donors (Lipinski definition) is 5. The third-order valence-electron chi connectivity index (χ3n) is 7.59. The number of nitrogens with two attached hydrogens (primary N) is 2. The standard InChI is InChI=1S/C30H37N13O3S/c1-42(2)29-39-28(40-30(41-29)43-14-16-46-17-15-43)33-12-13-34-47(44,45)21-10-8-20(9-11-21)22-18-23(19-6-4-3-5-7-19)36-26-24(35-22)25(31)37-27(32)38-26/h3-11,23,34H,12-18H2,1-2H3,(H,33,39,40,41)(H5,31,32,36,37,38). The summed E-state index contributed by atoms with van der Waals surface area (Å²) < 4.78 is 34.4. The van der Waals surface area contributed by atoms with Gasteiger partial charge in [0.15, 0.2) is 11.6 Å². The van der Waals surface area contributed by atoms with Gasteiger partial charge in [0, 0.05) is 46.7 Å². The first-order valence-electron chi connectivity index (χ1n) is 15.1. The molecule has 2 aromatic heterocycles. The maximum atomic E-state index is 13.2. The van der Waals surface area contributed by atoms with E-state index in [1.165, 1.54) is 0 Å². The van der Waals surface area contributed by atoms with Gasteiger partial charge in [0.1, 0.15) is 5.69 Å². The van der Waals surface area contributed by atoms with E-state index >= 15 is 0 Å². The number of morpholine rings is 1. The fraction of sp³-hybridized carbons (Fsp3) is 0.333.